The van der Waals surface area contributed by atoms with Gasteiger partial charge in [0.15, 0.2) is 0 Å². The lowest BCUT2D eigenvalue weighted by molar-refractivity contribution is -0.214. The molecule has 1 radical (unpaired) electrons. The number of aliphatic hydroxyl groups excluding tert-OH is 1. The standard InChI is InChI=1S/C7H8O.BH2O4/c8-6-7-4-2-1-3-5-7;2-4-1-5-3/h1-5,8H,6H2;2-3H. The molecule has 1 aromatic rings. The van der Waals surface area contributed by atoms with Crippen molar-refractivity contribution in [1.29, 1.82) is 0 Å². The molecular formula is C7H10BO5. The molecule has 3 N–H and O–H groups in total. The predicted molar refractivity (Wildman–Crippen MR) is 45.5 cm³/mol. The van der Waals surface area contributed by atoms with Crippen LogP contribution in [0.25, 0.3) is 0 Å². The van der Waals surface area contributed by atoms with Crippen LogP contribution in [-0.2, 0) is 16.2 Å². The summed E-state index contributed by atoms with van der Waals surface area (Å²) in [5.74, 6) is 0. The fourth-order valence-electron chi connectivity index (χ4n) is 0.603. The SMILES string of the molecule is OCc1ccccc1.OO[B]OO. The lowest BCUT2D eigenvalue weighted by Gasteiger charge is -1.89. The maximum Gasteiger partial charge on any atom is 0.557 e. The van der Waals surface area contributed by atoms with Crippen molar-refractivity contribution in [2.45, 2.75) is 6.61 Å². The zero-order chi connectivity index (χ0) is 9.94. The molecule has 1 aromatic carbocycles. The summed E-state index contributed by atoms with van der Waals surface area (Å²) in [5.41, 5.74) is 0.965. The van der Waals surface area contributed by atoms with Gasteiger partial charge < -0.3 is 5.11 Å². The van der Waals surface area contributed by atoms with Gasteiger partial charge in [-0.3, -0.25) is 20.1 Å². The summed E-state index contributed by atoms with van der Waals surface area (Å²) in [6.07, 6.45) is 0. The van der Waals surface area contributed by atoms with E-state index in [1.54, 1.807) is 0 Å². The van der Waals surface area contributed by atoms with Crippen molar-refractivity contribution in [3.05, 3.63) is 35.9 Å². The van der Waals surface area contributed by atoms with E-state index in [0.29, 0.717) is 7.69 Å². The first kappa shape index (κ1) is 12.1. The fourth-order valence-corrected chi connectivity index (χ4v) is 0.603. The van der Waals surface area contributed by atoms with Gasteiger partial charge in [0.2, 0.25) is 0 Å². The highest BCUT2D eigenvalue weighted by Gasteiger charge is 1.82. The first-order valence-corrected chi connectivity index (χ1v) is 3.42. The molecule has 5 nitrogen and oxygen atoms in total. The zero-order valence-corrected chi connectivity index (χ0v) is 6.83. The van der Waals surface area contributed by atoms with E-state index in [1.165, 1.54) is 0 Å². The zero-order valence-electron chi connectivity index (χ0n) is 6.83. The highest BCUT2D eigenvalue weighted by Crippen LogP contribution is 1.95. The Balaban J connectivity index is 0.000000252. The molecule has 1 rings (SSSR count). The van der Waals surface area contributed by atoms with E-state index in [-0.39, 0.29) is 6.61 Å². The van der Waals surface area contributed by atoms with E-state index in [9.17, 15) is 0 Å². The molecule has 71 valence electrons. The second-order valence-corrected chi connectivity index (χ2v) is 1.95. The first-order chi connectivity index (χ1) is 6.35. The number of hydrogen-bond donors (Lipinski definition) is 3. The molecular weight excluding hydrogens is 175 g/mol. The van der Waals surface area contributed by atoms with Gasteiger partial charge in [-0.15, -0.1) is 0 Å². The Morgan fingerprint density at radius 3 is 1.85 bits per heavy atom. The number of hydrogen-bond acceptors (Lipinski definition) is 5. The minimum absolute atomic E-state index is 0.140. The summed E-state index contributed by atoms with van der Waals surface area (Å²) in [5, 5.41) is 23.0. The van der Waals surface area contributed by atoms with Crippen LogP contribution >= 0.6 is 0 Å². The molecule has 0 fully saturated rings. The lowest BCUT2D eigenvalue weighted by Crippen LogP contribution is -1.95. The summed E-state index contributed by atoms with van der Waals surface area (Å²) in [6, 6.07) is 9.52. The molecule has 0 amide bonds. The van der Waals surface area contributed by atoms with Crippen molar-refractivity contribution in [2.75, 3.05) is 0 Å². The smallest absolute Gasteiger partial charge is 0.392 e. The Morgan fingerprint density at radius 2 is 1.62 bits per heavy atom. The van der Waals surface area contributed by atoms with Gasteiger partial charge >= 0.3 is 7.69 Å². The Bertz CT molecular complexity index is 191. The number of rotatable bonds is 3. The van der Waals surface area contributed by atoms with Crippen LogP contribution in [0, 0.1) is 0 Å². The molecule has 0 saturated carbocycles. The molecule has 0 aliphatic heterocycles. The molecule has 0 unspecified atom stereocenters. The molecule has 0 saturated heterocycles. The van der Waals surface area contributed by atoms with Crippen LogP contribution in [0.1, 0.15) is 5.56 Å². The third-order valence-corrected chi connectivity index (χ3v) is 1.11. The normalized spacial score (nSPS) is 8.54. The van der Waals surface area contributed by atoms with Crippen molar-refractivity contribution in [1.82, 2.24) is 0 Å². The number of aliphatic hydroxyl groups is 1. The average molecular weight is 185 g/mol. The molecule has 0 spiro atoms. The Morgan fingerprint density at radius 1 is 1.08 bits per heavy atom. The second-order valence-electron chi connectivity index (χ2n) is 1.95. The second kappa shape index (κ2) is 9.18. The first-order valence-electron chi connectivity index (χ1n) is 3.42. The van der Waals surface area contributed by atoms with E-state index < -0.39 is 0 Å². The Labute approximate surface area is 76.3 Å². The largest absolute Gasteiger partial charge is 0.557 e. The Hall–Kier alpha value is -0.915. The molecule has 0 aromatic heterocycles. The van der Waals surface area contributed by atoms with E-state index in [0.717, 1.165) is 5.56 Å². The van der Waals surface area contributed by atoms with Crippen LogP contribution in [0.4, 0.5) is 0 Å². The van der Waals surface area contributed by atoms with Gasteiger partial charge in [0, 0.05) is 0 Å². The molecule has 0 aliphatic rings. The molecule has 0 heterocycles. The van der Waals surface area contributed by atoms with Crippen LogP contribution in [0.15, 0.2) is 30.3 Å². The predicted octanol–water partition coefficient (Wildman–Crippen LogP) is 0.679. The van der Waals surface area contributed by atoms with Crippen LogP contribution in [0.5, 0.6) is 0 Å². The quantitative estimate of drug-likeness (QED) is 0.366. The molecule has 0 bridgehead atoms. The van der Waals surface area contributed by atoms with E-state index in [1.807, 2.05) is 30.3 Å². The Kier molecular flexibility index (Phi) is 8.53. The molecule has 6 heteroatoms. The van der Waals surface area contributed by atoms with Gasteiger partial charge in [-0.25, -0.2) is 0 Å². The third kappa shape index (κ3) is 7.45. The van der Waals surface area contributed by atoms with Gasteiger partial charge in [-0.2, -0.15) is 0 Å². The summed E-state index contributed by atoms with van der Waals surface area (Å²) in [6.45, 7) is 0.140. The van der Waals surface area contributed by atoms with Crippen molar-refractivity contribution < 1.29 is 25.2 Å². The molecule has 0 aliphatic carbocycles. The molecule has 0 atom stereocenters. The van der Waals surface area contributed by atoms with Crippen molar-refractivity contribution in [2.24, 2.45) is 0 Å². The minimum Gasteiger partial charge on any atom is -0.392 e. The van der Waals surface area contributed by atoms with E-state index >= 15 is 0 Å². The maximum atomic E-state index is 8.54. The number of benzene rings is 1. The topological polar surface area (TPSA) is 79.2 Å². The van der Waals surface area contributed by atoms with Crippen molar-refractivity contribution >= 4 is 7.69 Å². The highest BCUT2D eigenvalue weighted by atomic mass is 17.2. The van der Waals surface area contributed by atoms with Gasteiger partial charge in [0.25, 0.3) is 0 Å². The summed E-state index contributed by atoms with van der Waals surface area (Å²) >= 11 is 0. The van der Waals surface area contributed by atoms with Gasteiger partial charge in [-0.1, -0.05) is 30.3 Å². The third-order valence-electron chi connectivity index (χ3n) is 1.11. The minimum atomic E-state index is 0.140. The van der Waals surface area contributed by atoms with Crippen molar-refractivity contribution in [3.8, 4) is 0 Å². The van der Waals surface area contributed by atoms with E-state index in [4.69, 9.17) is 15.6 Å². The summed E-state index contributed by atoms with van der Waals surface area (Å²) in [7, 11) is 0.361. The fraction of sp³-hybridized carbons (Fsp3) is 0.143. The monoisotopic (exact) mass is 185 g/mol. The van der Waals surface area contributed by atoms with E-state index in [2.05, 4.69) is 9.61 Å². The van der Waals surface area contributed by atoms with Gasteiger partial charge in [-0.05, 0) is 5.56 Å². The lowest BCUT2D eigenvalue weighted by atomic mass is 10.2. The van der Waals surface area contributed by atoms with Crippen molar-refractivity contribution in [3.63, 3.8) is 0 Å². The van der Waals surface area contributed by atoms with Gasteiger partial charge in [0.1, 0.15) is 0 Å². The van der Waals surface area contributed by atoms with Crippen LogP contribution in [-0.4, -0.2) is 23.3 Å². The van der Waals surface area contributed by atoms with Crippen LogP contribution in [0.2, 0.25) is 0 Å². The van der Waals surface area contributed by atoms with Gasteiger partial charge in [0.05, 0.1) is 6.61 Å². The highest BCUT2D eigenvalue weighted by molar-refractivity contribution is 6.16. The molecule has 13 heavy (non-hydrogen) atoms. The average Bonchev–Trinajstić information content (AvgIpc) is 2.21. The van der Waals surface area contributed by atoms with Crippen LogP contribution in [0.3, 0.4) is 0 Å². The summed E-state index contributed by atoms with van der Waals surface area (Å²) < 4.78 is 0. The van der Waals surface area contributed by atoms with Crippen LogP contribution < -0.4 is 0 Å². The maximum absolute atomic E-state index is 8.54. The summed E-state index contributed by atoms with van der Waals surface area (Å²) in [4.78, 5) is 6.19.